The maximum absolute atomic E-state index is 13.0. The number of fused-ring (bicyclic) bond motifs is 1. The lowest BCUT2D eigenvalue weighted by molar-refractivity contribution is -0.136. The molecule has 148 valence electrons. The molecule has 0 N–H and O–H groups in total. The van der Waals surface area contributed by atoms with Gasteiger partial charge < -0.3 is 4.90 Å². The minimum Gasteiger partial charge on any atom is -0.344 e. The van der Waals surface area contributed by atoms with E-state index in [1.54, 1.807) is 13.0 Å². The predicted octanol–water partition coefficient (Wildman–Crippen LogP) is 3.38. The highest BCUT2D eigenvalue weighted by Crippen LogP contribution is 2.60. The van der Waals surface area contributed by atoms with Gasteiger partial charge in [-0.05, 0) is 80.8 Å². The van der Waals surface area contributed by atoms with Crippen molar-refractivity contribution in [1.82, 2.24) is 14.5 Å². The average Bonchev–Trinajstić information content (AvgIpc) is 2.63. The molecule has 0 saturated heterocycles. The number of aryl methyl sites for hydroxylation is 1. The first-order valence-corrected chi connectivity index (χ1v) is 10.6. The lowest BCUT2D eigenvalue weighted by Gasteiger charge is -2.57. The Hall–Kier alpha value is -2.17. The molecule has 4 bridgehead atoms. The first-order valence-electron chi connectivity index (χ1n) is 10.6. The molecule has 0 atom stereocenters. The van der Waals surface area contributed by atoms with Gasteiger partial charge in [0.15, 0.2) is 0 Å². The molecule has 5 nitrogen and oxygen atoms in total. The molecule has 4 aliphatic carbocycles. The minimum atomic E-state index is -0.125. The van der Waals surface area contributed by atoms with Crippen molar-refractivity contribution in [3.05, 3.63) is 40.4 Å². The first-order chi connectivity index (χ1) is 13.4. The Morgan fingerprint density at radius 2 is 1.75 bits per heavy atom. The number of likely N-dealkylation sites (N-methyl/N-ethyl adjacent to an activating group) is 1. The van der Waals surface area contributed by atoms with Crippen LogP contribution in [-0.2, 0) is 11.3 Å². The Balaban J connectivity index is 1.35. The lowest BCUT2D eigenvalue weighted by Crippen LogP contribution is -2.52. The predicted molar refractivity (Wildman–Crippen MR) is 109 cm³/mol. The van der Waals surface area contributed by atoms with Gasteiger partial charge in [-0.2, -0.15) is 0 Å². The maximum atomic E-state index is 13.0. The number of para-hydroxylation sites is 1. The van der Waals surface area contributed by atoms with Crippen molar-refractivity contribution in [1.29, 1.82) is 0 Å². The molecule has 5 heteroatoms. The molecule has 2 aromatic rings. The van der Waals surface area contributed by atoms with E-state index in [0.29, 0.717) is 22.1 Å². The Kier molecular flexibility index (Phi) is 4.11. The second-order valence-electron chi connectivity index (χ2n) is 9.73. The molecule has 4 saturated carbocycles. The number of nitrogens with zero attached hydrogens (tertiary/aromatic N) is 3. The van der Waals surface area contributed by atoms with E-state index in [2.05, 4.69) is 4.98 Å². The Labute approximate surface area is 165 Å². The van der Waals surface area contributed by atoms with Gasteiger partial charge in [0.05, 0.1) is 10.9 Å². The third-order valence-corrected chi connectivity index (χ3v) is 7.51. The van der Waals surface area contributed by atoms with Crippen LogP contribution in [0.2, 0.25) is 0 Å². The summed E-state index contributed by atoms with van der Waals surface area (Å²) in [6, 6.07) is 7.34. The van der Waals surface area contributed by atoms with Crippen molar-refractivity contribution in [3.63, 3.8) is 0 Å². The summed E-state index contributed by atoms with van der Waals surface area (Å²) in [5.41, 5.74) is 0.885. The fourth-order valence-electron chi connectivity index (χ4n) is 6.80. The van der Waals surface area contributed by atoms with E-state index in [0.717, 1.165) is 24.3 Å². The fraction of sp³-hybridized carbons (Fsp3) is 0.609. The molecule has 0 spiro atoms. The fourth-order valence-corrected chi connectivity index (χ4v) is 6.80. The van der Waals surface area contributed by atoms with E-state index in [-0.39, 0.29) is 18.0 Å². The van der Waals surface area contributed by atoms with Gasteiger partial charge in [0.25, 0.3) is 5.56 Å². The van der Waals surface area contributed by atoms with Crippen LogP contribution in [0.15, 0.2) is 29.1 Å². The van der Waals surface area contributed by atoms with Crippen LogP contribution < -0.4 is 5.56 Å². The molecule has 28 heavy (non-hydrogen) atoms. The number of benzene rings is 1. The molecule has 4 fully saturated rings. The number of amides is 1. The zero-order valence-corrected chi connectivity index (χ0v) is 16.9. The van der Waals surface area contributed by atoms with Gasteiger partial charge in [-0.1, -0.05) is 12.1 Å². The number of hydrogen-bond acceptors (Lipinski definition) is 3. The summed E-state index contributed by atoms with van der Waals surface area (Å²) in [7, 11) is 1.91. The SMILES string of the molecule is Cc1nc2ccccc2c(=O)n1CC(=O)N(C)CC12CC3CC(CC(C3)C1)C2. The van der Waals surface area contributed by atoms with Crippen LogP contribution >= 0.6 is 0 Å². The third kappa shape index (κ3) is 2.96. The summed E-state index contributed by atoms with van der Waals surface area (Å²) in [5.74, 6) is 3.25. The van der Waals surface area contributed by atoms with Gasteiger partial charge in [-0.15, -0.1) is 0 Å². The quantitative estimate of drug-likeness (QED) is 0.818. The van der Waals surface area contributed by atoms with E-state index in [1.807, 2.05) is 30.1 Å². The van der Waals surface area contributed by atoms with Crippen molar-refractivity contribution >= 4 is 16.8 Å². The minimum absolute atomic E-state index is 0.0121. The summed E-state index contributed by atoms with van der Waals surface area (Å²) < 4.78 is 1.53. The standard InChI is InChI=1S/C23H29N3O2/c1-15-24-20-6-4-3-5-19(20)22(28)26(15)13-21(27)25(2)14-23-10-16-7-17(11-23)9-18(8-16)12-23/h3-6,16-18H,7-14H2,1-2H3. The van der Waals surface area contributed by atoms with Gasteiger partial charge in [-0.25, -0.2) is 4.98 Å². The summed E-state index contributed by atoms with van der Waals surface area (Å²) in [6.07, 6.45) is 8.09. The molecular formula is C23H29N3O2. The summed E-state index contributed by atoms with van der Waals surface area (Å²) in [6.45, 7) is 2.72. The van der Waals surface area contributed by atoms with Gasteiger partial charge in [0.2, 0.25) is 5.91 Å². The molecule has 4 aliphatic rings. The van der Waals surface area contributed by atoms with E-state index < -0.39 is 0 Å². The zero-order valence-electron chi connectivity index (χ0n) is 16.9. The van der Waals surface area contributed by atoms with Gasteiger partial charge in [-0.3, -0.25) is 14.2 Å². The van der Waals surface area contributed by atoms with Crippen LogP contribution in [-0.4, -0.2) is 34.0 Å². The number of rotatable bonds is 4. The van der Waals surface area contributed by atoms with Crippen molar-refractivity contribution < 1.29 is 4.79 Å². The van der Waals surface area contributed by atoms with Crippen molar-refractivity contribution in [3.8, 4) is 0 Å². The molecular weight excluding hydrogens is 350 g/mol. The van der Waals surface area contributed by atoms with Crippen LogP contribution in [0, 0.1) is 30.1 Å². The maximum Gasteiger partial charge on any atom is 0.261 e. The average molecular weight is 380 g/mol. The molecule has 6 rings (SSSR count). The monoisotopic (exact) mass is 379 g/mol. The zero-order chi connectivity index (χ0) is 19.5. The van der Waals surface area contributed by atoms with Gasteiger partial charge >= 0.3 is 0 Å². The smallest absolute Gasteiger partial charge is 0.261 e. The highest BCUT2D eigenvalue weighted by atomic mass is 16.2. The van der Waals surface area contributed by atoms with Crippen molar-refractivity contribution in [2.75, 3.05) is 13.6 Å². The van der Waals surface area contributed by atoms with Gasteiger partial charge in [0.1, 0.15) is 12.4 Å². The largest absolute Gasteiger partial charge is 0.344 e. The highest BCUT2D eigenvalue weighted by Gasteiger charge is 2.51. The first kappa shape index (κ1) is 17.9. The number of carbonyl (C=O) groups is 1. The van der Waals surface area contributed by atoms with Crippen molar-refractivity contribution in [2.45, 2.75) is 52.0 Å². The number of aromatic nitrogens is 2. The highest BCUT2D eigenvalue weighted by molar-refractivity contribution is 5.79. The summed E-state index contributed by atoms with van der Waals surface area (Å²) >= 11 is 0. The summed E-state index contributed by atoms with van der Waals surface area (Å²) in [5, 5.41) is 0.574. The summed E-state index contributed by atoms with van der Waals surface area (Å²) in [4.78, 5) is 32.3. The number of hydrogen-bond donors (Lipinski definition) is 0. The van der Waals surface area contributed by atoms with E-state index >= 15 is 0 Å². The molecule has 0 aliphatic heterocycles. The molecule has 1 aromatic heterocycles. The topological polar surface area (TPSA) is 55.2 Å². The van der Waals surface area contributed by atoms with E-state index in [1.165, 1.54) is 43.1 Å². The molecule has 0 radical (unpaired) electrons. The Morgan fingerprint density at radius 1 is 1.14 bits per heavy atom. The van der Waals surface area contributed by atoms with E-state index in [4.69, 9.17) is 0 Å². The Morgan fingerprint density at radius 3 is 2.39 bits per heavy atom. The second kappa shape index (κ2) is 6.43. The third-order valence-electron chi connectivity index (χ3n) is 7.51. The van der Waals surface area contributed by atoms with Crippen LogP contribution in [0.3, 0.4) is 0 Å². The second-order valence-corrected chi connectivity index (χ2v) is 9.73. The molecule has 0 unspecified atom stereocenters. The van der Waals surface area contributed by atoms with Crippen LogP contribution in [0.1, 0.15) is 44.3 Å². The lowest BCUT2D eigenvalue weighted by atomic mass is 9.49. The van der Waals surface area contributed by atoms with Crippen LogP contribution in [0.5, 0.6) is 0 Å². The van der Waals surface area contributed by atoms with E-state index in [9.17, 15) is 9.59 Å². The van der Waals surface area contributed by atoms with Crippen molar-refractivity contribution in [2.24, 2.45) is 23.2 Å². The van der Waals surface area contributed by atoms with Gasteiger partial charge in [0, 0.05) is 13.6 Å². The number of carbonyl (C=O) groups excluding carboxylic acids is 1. The van der Waals surface area contributed by atoms with Crippen LogP contribution in [0.25, 0.3) is 10.9 Å². The molecule has 1 heterocycles. The Bertz CT molecular complexity index is 958. The normalized spacial score (nSPS) is 30.7. The molecule has 1 aromatic carbocycles. The molecule has 1 amide bonds. The van der Waals surface area contributed by atoms with Crippen LogP contribution in [0.4, 0.5) is 0 Å².